The fourth-order valence-electron chi connectivity index (χ4n) is 2.73. The lowest BCUT2D eigenvalue weighted by Gasteiger charge is -2.39. The molecule has 0 amide bonds. The second-order valence-electron chi connectivity index (χ2n) is 5.03. The summed E-state index contributed by atoms with van der Waals surface area (Å²) in [5.74, 6) is 0.175. The van der Waals surface area contributed by atoms with Gasteiger partial charge in [-0.25, -0.2) is 8.42 Å². The van der Waals surface area contributed by atoms with E-state index in [1.54, 1.807) is 11.2 Å². The van der Waals surface area contributed by atoms with E-state index in [1.807, 2.05) is 0 Å². The van der Waals surface area contributed by atoms with Crippen LogP contribution < -0.4 is 0 Å². The SMILES string of the molecule is CCS(=O)(=O)N1C[C@H]2OCCN(C(C)C)[C@H]2C1. The summed E-state index contributed by atoms with van der Waals surface area (Å²) < 4.78 is 31.0. The van der Waals surface area contributed by atoms with Crippen molar-refractivity contribution in [3.8, 4) is 0 Å². The fraction of sp³-hybridized carbons (Fsp3) is 1.00. The van der Waals surface area contributed by atoms with Gasteiger partial charge < -0.3 is 4.74 Å². The molecule has 0 unspecified atom stereocenters. The average Bonchev–Trinajstić information content (AvgIpc) is 2.72. The number of ether oxygens (including phenoxy) is 1. The Morgan fingerprint density at radius 2 is 2.06 bits per heavy atom. The Kier molecular flexibility index (Phi) is 3.77. The van der Waals surface area contributed by atoms with Crippen LogP contribution in [-0.4, -0.2) is 67.8 Å². The van der Waals surface area contributed by atoms with Crippen molar-refractivity contribution >= 4 is 10.0 Å². The van der Waals surface area contributed by atoms with Crippen molar-refractivity contribution in [2.75, 3.05) is 32.0 Å². The predicted molar refractivity (Wildman–Crippen MR) is 66.4 cm³/mol. The van der Waals surface area contributed by atoms with Gasteiger partial charge in [-0.3, -0.25) is 4.90 Å². The lowest BCUT2D eigenvalue weighted by molar-refractivity contribution is -0.0582. The first-order valence-corrected chi connectivity index (χ1v) is 7.91. The second-order valence-corrected chi connectivity index (χ2v) is 7.28. The third kappa shape index (κ3) is 2.50. The summed E-state index contributed by atoms with van der Waals surface area (Å²) in [5.41, 5.74) is 0. The Labute approximate surface area is 104 Å². The van der Waals surface area contributed by atoms with E-state index in [9.17, 15) is 8.42 Å². The Hall–Kier alpha value is -0.170. The molecule has 5 nitrogen and oxygen atoms in total. The largest absolute Gasteiger partial charge is 0.374 e. The number of nitrogens with zero attached hydrogens (tertiary/aromatic N) is 2. The van der Waals surface area contributed by atoms with Gasteiger partial charge in [0, 0.05) is 25.7 Å². The van der Waals surface area contributed by atoms with Crippen molar-refractivity contribution < 1.29 is 13.2 Å². The van der Waals surface area contributed by atoms with E-state index < -0.39 is 10.0 Å². The van der Waals surface area contributed by atoms with Gasteiger partial charge in [-0.2, -0.15) is 4.31 Å². The van der Waals surface area contributed by atoms with Crippen molar-refractivity contribution in [1.82, 2.24) is 9.21 Å². The van der Waals surface area contributed by atoms with Crippen molar-refractivity contribution in [2.45, 2.75) is 39.0 Å². The molecule has 6 heteroatoms. The van der Waals surface area contributed by atoms with Crippen LogP contribution in [0.4, 0.5) is 0 Å². The van der Waals surface area contributed by atoms with Gasteiger partial charge in [0.1, 0.15) is 0 Å². The zero-order chi connectivity index (χ0) is 12.6. The third-order valence-corrected chi connectivity index (χ3v) is 5.55. The minimum absolute atomic E-state index is 0.0486. The van der Waals surface area contributed by atoms with E-state index in [0.717, 1.165) is 6.54 Å². The molecule has 2 saturated heterocycles. The monoisotopic (exact) mass is 262 g/mol. The summed E-state index contributed by atoms with van der Waals surface area (Å²) in [6.07, 6.45) is 0.0486. The number of hydrogen-bond acceptors (Lipinski definition) is 4. The molecule has 2 aliphatic heterocycles. The highest BCUT2D eigenvalue weighted by Crippen LogP contribution is 2.26. The first-order chi connectivity index (χ1) is 7.95. The average molecular weight is 262 g/mol. The zero-order valence-electron chi connectivity index (χ0n) is 10.8. The van der Waals surface area contributed by atoms with Crippen LogP contribution in [0.15, 0.2) is 0 Å². The maximum atomic E-state index is 11.9. The predicted octanol–water partition coefficient (Wildman–Crippen LogP) is 0.130. The molecule has 0 aromatic rings. The van der Waals surface area contributed by atoms with Crippen molar-refractivity contribution in [2.24, 2.45) is 0 Å². The molecule has 2 rings (SSSR count). The third-order valence-electron chi connectivity index (χ3n) is 3.73. The number of sulfonamides is 1. The van der Waals surface area contributed by atoms with Crippen LogP contribution in [0.2, 0.25) is 0 Å². The van der Waals surface area contributed by atoms with Crippen molar-refractivity contribution in [1.29, 1.82) is 0 Å². The van der Waals surface area contributed by atoms with Gasteiger partial charge in [0.15, 0.2) is 0 Å². The molecule has 0 aromatic carbocycles. The Morgan fingerprint density at radius 1 is 1.35 bits per heavy atom. The standard InChI is InChI=1S/C11H22N2O3S/c1-4-17(14,15)12-7-10-11(8-12)16-6-5-13(10)9(2)3/h9-11H,4-8H2,1-3H3/t10-,11+/m0/s1. The summed E-state index contributed by atoms with van der Waals surface area (Å²) >= 11 is 0. The van der Waals surface area contributed by atoms with E-state index in [4.69, 9.17) is 4.74 Å². The Balaban J connectivity index is 2.13. The van der Waals surface area contributed by atoms with Crippen LogP contribution in [0.5, 0.6) is 0 Å². The maximum absolute atomic E-state index is 11.9. The van der Waals surface area contributed by atoms with Crippen LogP contribution >= 0.6 is 0 Å². The van der Waals surface area contributed by atoms with E-state index in [0.29, 0.717) is 25.7 Å². The van der Waals surface area contributed by atoms with Crippen LogP contribution in [0.3, 0.4) is 0 Å². The fourth-order valence-corrected chi connectivity index (χ4v) is 3.85. The molecule has 2 atom stereocenters. The molecule has 2 fully saturated rings. The number of fused-ring (bicyclic) bond motifs is 1. The van der Waals surface area contributed by atoms with Gasteiger partial charge in [-0.15, -0.1) is 0 Å². The Morgan fingerprint density at radius 3 is 2.65 bits per heavy atom. The van der Waals surface area contributed by atoms with Crippen LogP contribution in [-0.2, 0) is 14.8 Å². The summed E-state index contributed by atoms with van der Waals surface area (Å²) in [6, 6.07) is 0.667. The quantitative estimate of drug-likeness (QED) is 0.725. The zero-order valence-corrected chi connectivity index (χ0v) is 11.6. The maximum Gasteiger partial charge on any atom is 0.213 e. The normalized spacial score (nSPS) is 32.0. The molecule has 2 aliphatic rings. The van der Waals surface area contributed by atoms with E-state index in [-0.39, 0.29) is 17.9 Å². The van der Waals surface area contributed by atoms with Gasteiger partial charge in [0.2, 0.25) is 10.0 Å². The summed E-state index contributed by atoms with van der Waals surface area (Å²) in [5, 5.41) is 0. The first kappa shape index (κ1) is 13.3. The second kappa shape index (κ2) is 4.84. The Bertz CT molecular complexity index is 369. The minimum atomic E-state index is -3.08. The highest BCUT2D eigenvalue weighted by Gasteiger charge is 2.44. The highest BCUT2D eigenvalue weighted by atomic mass is 32.2. The molecular formula is C11H22N2O3S. The first-order valence-electron chi connectivity index (χ1n) is 6.31. The number of hydrogen-bond donors (Lipinski definition) is 0. The van der Waals surface area contributed by atoms with Gasteiger partial charge in [0.05, 0.1) is 24.5 Å². The van der Waals surface area contributed by atoms with Gasteiger partial charge >= 0.3 is 0 Å². The molecule has 2 heterocycles. The lowest BCUT2D eigenvalue weighted by atomic mass is 10.1. The van der Waals surface area contributed by atoms with Crippen molar-refractivity contribution in [3.05, 3.63) is 0 Å². The lowest BCUT2D eigenvalue weighted by Crippen LogP contribution is -2.53. The summed E-state index contributed by atoms with van der Waals surface area (Å²) in [4.78, 5) is 2.36. The van der Waals surface area contributed by atoms with Crippen molar-refractivity contribution in [3.63, 3.8) is 0 Å². The minimum Gasteiger partial charge on any atom is -0.374 e. The van der Waals surface area contributed by atoms with Crippen LogP contribution in [0.1, 0.15) is 20.8 Å². The summed E-state index contributed by atoms with van der Waals surface area (Å²) in [7, 11) is -3.08. The van der Waals surface area contributed by atoms with Gasteiger partial charge in [-0.05, 0) is 20.8 Å². The molecule has 0 bridgehead atoms. The molecule has 0 N–H and O–H groups in total. The van der Waals surface area contributed by atoms with E-state index in [2.05, 4.69) is 18.7 Å². The molecule has 0 saturated carbocycles. The summed E-state index contributed by atoms with van der Waals surface area (Å²) in [6.45, 7) is 8.71. The number of morpholine rings is 1. The van der Waals surface area contributed by atoms with Crippen LogP contribution in [0.25, 0.3) is 0 Å². The van der Waals surface area contributed by atoms with E-state index >= 15 is 0 Å². The van der Waals surface area contributed by atoms with Gasteiger partial charge in [-0.1, -0.05) is 0 Å². The molecule has 0 aromatic heterocycles. The molecule has 0 spiro atoms. The topological polar surface area (TPSA) is 49.9 Å². The van der Waals surface area contributed by atoms with E-state index in [1.165, 1.54) is 0 Å². The number of rotatable bonds is 3. The molecule has 100 valence electrons. The molecular weight excluding hydrogens is 240 g/mol. The molecule has 0 radical (unpaired) electrons. The molecule has 0 aliphatic carbocycles. The molecule has 17 heavy (non-hydrogen) atoms. The highest BCUT2D eigenvalue weighted by molar-refractivity contribution is 7.89. The van der Waals surface area contributed by atoms with Gasteiger partial charge in [0.25, 0.3) is 0 Å². The smallest absolute Gasteiger partial charge is 0.213 e. The van der Waals surface area contributed by atoms with Crippen LogP contribution in [0, 0.1) is 0 Å².